The molecule has 1 aromatic carbocycles. The zero-order valence-corrected chi connectivity index (χ0v) is 13.3. The van der Waals surface area contributed by atoms with Gasteiger partial charge in [0.25, 0.3) is 5.91 Å². The standard InChI is InChI=1S/C17H18N2O5/c1-17(10-18,11-6-7-11)19-15(20)9-23-16(21)14-8-22-12-4-2-3-5-13(12)24-14/h2-5,11,14H,6-9H2,1H3,(H,19,20)/t14-,17-/m1/s1. The van der Waals surface area contributed by atoms with Crippen LogP contribution in [0.3, 0.4) is 0 Å². The van der Waals surface area contributed by atoms with Crippen LogP contribution < -0.4 is 14.8 Å². The van der Waals surface area contributed by atoms with Crippen LogP contribution in [0.4, 0.5) is 0 Å². The van der Waals surface area contributed by atoms with E-state index < -0.39 is 30.1 Å². The number of nitriles is 1. The second-order valence-corrected chi connectivity index (χ2v) is 6.11. The molecule has 1 fully saturated rings. The van der Waals surface area contributed by atoms with E-state index in [4.69, 9.17) is 14.2 Å². The molecule has 24 heavy (non-hydrogen) atoms. The van der Waals surface area contributed by atoms with Crippen LogP contribution in [0.2, 0.25) is 0 Å². The number of amides is 1. The summed E-state index contributed by atoms with van der Waals surface area (Å²) in [6, 6.07) is 9.12. The highest BCUT2D eigenvalue weighted by Gasteiger charge is 2.43. The van der Waals surface area contributed by atoms with Crippen molar-refractivity contribution in [1.29, 1.82) is 5.26 Å². The molecule has 0 bridgehead atoms. The minimum Gasteiger partial charge on any atom is -0.485 e. The van der Waals surface area contributed by atoms with Gasteiger partial charge in [0, 0.05) is 0 Å². The Balaban J connectivity index is 1.49. The summed E-state index contributed by atoms with van der Waals surface area (Å²) in [7, 11) is 0. The van der Waals surface area contributed by atoms with Gasteiger partial charge in [0.1, 0.15) is 12.1 Å². The van der Waals surface area contributed by atoms with Crippen LogP contribution >= 0.6 is 0 Å². The monoisotopic (exact) mass is 330 g/mol. The van der Waals surface area contributed by atoms with E-state index in [1.165, 1.54) is 0 Å². The van der Waals surface area contributed by atoms with E-state index in [1.54, 1.807) is 31.2 Å². The van der Waals surface area contributed by atoms with Gasteiger partial charge < -0.3 is 19.5 Å². The van der Waals surface area contributed by atoms with Crippen molar-refractivity contribution in [3.63, 3.8) is 0 Å². The van der Waals surface area contributed by atoms with Gasteiger partial charge in [-0.2, -0.15) is 5.26 Å². The number of carbonyl (C=O) groups is 2. The van der Waals surface area contributed by atoms with Crippen molar-refractivity contribution in [2.24, 2.45) is 5.92 Å². The van der Waals surface area contributed by atoms with Gasteiger partial charge in [0.05, 0.1) is 6.07 Å². The number of para-hydroxylation sites is 2. The predicted octanol–water partition coefficient (Wildman–Crippen LogP) is 1.18. The molecule has 7 heteroatoms. The Morgan fingerprint density at radius 3 is 2.75 bits per heavy atom. The minimum atomic E-state index is -0.918. The van der Waals surface area contributed by atoms with Gasteiger partial charge in [-0.1, -0.05) is 12.1 Å². The first-order valence-electron chi connectivity index (χ1n) is 7.79. The predicted molar refractivity (Wildman–Crippen MR) is 82.2 cm³/mol. The lowest BCUT2D eigenvalue weighted by Gasteiger charge is -2.25. The fourth-order valence-corrected chi connectivity index (χ4v) is 2.57. The number of nitrogens with one attached hydrogen (secondary N) is 1. The zero-order chi connectivity index (χ0) is 17.2. The van der Waals surface area contributed by atoms with Gasteiger partial charge in [-0.3, -0.25) is 4.79 Å². The van der Waals surface area contributed by atoms with Crippen molar-refractivity contribution in [2.75, 3.05) is 13.2 Å². The molecule has 0 unspecified atom stereocenters. The minimum absolute atomic E-state index is 0.0233. The maximum atomic E-state index is 12.0. The summed E-state index contributed by atoms with van der Waals surface area (Å²) < 4.78 is 15.9. The number of hydrogen-bond donors (Lipinski definition) is 1. The van der Waals surface area contributed by atoms with E-state index in [0.29, 0.717) is 11.5 Å². The van der Waals surface area contributed by atoms with Crippen LogP contribution in [0.15, 0.2) is 24.3 Å². The van der Waals surface area contributed by atoms with Crippen LogP contribution in [0, 0.1) is 17.2 Å². The first kappa shape index (κ1) is 16.1. The highest BCUT2D eigenvalue weighted by atomic mass is 16.6. The second-order valence-electron chi connectivity index (χ2n) is 6.11. The molecule has 1 N–H and O–H groups in total. The lowest BCUT2D eigenvalue weighted by atomic mass is 9.98. The number of rotatable bonds is 5. The highest BCUT2D eigenvalue weighted by Crippen LogP contribution is 2.39. The molecule has 1 aliphatic carbocycles. The second kappa shape index (κ2) is 6.40. The quantitative estimate of drug-likeness (QED) is 0.814. The molecule has 1 heterocycles. The van der Waals surface area contributed by atoms with Crippen molar-refractivity contribution < 1.29 is 23.8 Å². The molecule has 0 spiro atoms. The van der Waals surface area contributed by atoms with Gasteiger partial charge >= 0.3 is 5.97 Å². The number of hydrogen-bond acceptors (Lipinski definition) is 6. The largest absolute Gasteiger partial charge is 0.485 e. The maximum Gasteiger partial charge on any atom is 0.351 e. The summed E-state index contributed by atoms with van der Waals surface area (Å²) in [6.45, 7) is 1.25. The van der Waals surface area contributed by atoms with Crippen molar-refractivity contribution in [1.82, 2.24) is 5.32 Å². The molecule has 2 atom stereocenters. The topological polar surface area (TPSA) is 97.7 Å². The van der Waals surface area contributed by atoms with Crippen LogP contribution in [0.5, 0.6) is 11.5 Å². The SMILES string of the molecule is C[C@](C#N)(NC(=O)COC(=O)[C@H]1COc2ccccc2O1)C1CC1. The van der Waals surface area contributed by atoms with Gasteiger partial charge in [0.15, 0.2) is 18.1 Å². The van der Waals surface area contributed by atoms with Crippen molar-refractivity contribution in [3.8, 4) is 17.6 Å². The fraction of sp³-hybridized carbons (Fsp3) is 0.471. The van der Waals surface area contributed by atoms with E-state index >= 15 is 0 Å². The third-order valence-electron chi connectivity index (χ3n) is 4.14. The van der Waals surface area contributed by atoms with Crippen LogP contribution in [0.25, 0.3) is 0 Å². The Hall–Kier alpha value is -2.75. The number of fused-ring (bicyclic) bond motifs is 1. The number of ether oxygens (including phenoxy) is 3. The number of benzene rings is 1. The number of esters is 1. The van der Waals surface area contributed by atoms with Gasteiger partial charge in [0.2, 0.25) is 6.10 Å². The van der Waals surface area contributed by atoms with E-state index in [2.05, 4.69) is 11.4 Å². The van der Waals surface area contributed by atoms with E-state index in [0.717, 1.165) is 12.8 Å². The van der Waals surface area contributed by atoms with Crippen LogP contribution in [0.1, 0.15) is 19.8 Å². The van der Waals surface area contributed by atoms with Gasteiger partial charge in [-0.25, -0.2) is 4.79 Å². The van der Waals surface area contributed by atoms with Crippen molar-refractivity contribution >= 4 is 11.9 Å². The molecule has 0 saturated heterocycles. The average Bonchev–Trinajstić information content (AvgIpc) is 3.44. The third-order valence-corrected chi connectivity index (χ3v) is 4.14. The highest BCUT2D eigenvalue weighted by molar-refractivity contribution is 5.83. The molecular weight excluding hydrogens is 312 g/mol. The smallest absolute Gasteiger partial charge is 0.351 e. The van der Waals surface area contributed by atoms with E-state index in [1.807, 2.05) is 0 Å². The van der Waals surface area contributed by atoms with Crippen molar-refractivity contribution in [3.05, 3.63) is 24.3 Å². The molecule has 1 aliphatic heterocycles. The Morgan fingerprint density at radius 1 is 1.38 bits per heavy atom. The molecule has 1 saturated carbocycles. The summed E-state index contributed by atoms with van der Waals surface area (Å²) >= 11 is 0. The Kier molecular flexibility index (Phi) is 4.30. The maximum absolute atomic E-state index is 12.0. The Bertz CT molecular complexity index is 694. The first-order valence-corrected chi connectivity index (χ1v) is 7.79. The molecule has 126 valence electrons. The molecule has 1 amide bonds. The van der Waals surface area contributed by atoms with Crippen LogP contribution in [-0.2, 0) is 14.3 Å². The molecule has 2 aliphatic rings. The van der Waals surface area contributed by atoms with E-state index in [-0.39, 0.29) is 12.5 Å². The normalized spacial score (nSPS) is 21.1. The Morgan fingerprint density at radius 2 is 2.08 bits per heavy atom. The molecule has 7 nitrogen and oxygen atoms in total. The molecule has 3 rings (SSSR count). The number of nitrogens with zero attached hydrogens (tertiary/aromatic N) is 1. The third kappa shape index (κ3) is 3.43. The first-order chi connectivity index (χ1) is 11.5. The average molecular weight is 330 g/mol. The summed E-state index contributed by atoms with van der Waals surface area (Å²) in [5.41, 5.74) is -0.910. The summed E-state index contributed by atoms with van der Waals surface area (Å²) in [6.07, 6.45) is 0.909. The van der Waals surface area contributed by atoms with Crippen LogP contribution in [-0.4, -0.2) is 36.7 Å². The van der Waals surface area contributed by atoms with E-state index in [9.17, 15) is 14.9 Å². The molecule has 0 radical (unpaired) electrons. The summed E-state index contributed by atoms with van der Waals surface area (Å²) in [4.78, 5) is 23.9. The van der Waals surface area contributed by atoms with Crippen molar-refractivity contribution in [2.45, 2.75) is 31.4 Å². The molecule has 0 aromatic heterocycles. The summed E-state index contributed by atoms with van der Waals surface area (Å²) in [5, 5.41) is 11.8. The number of carbonyl (C=O) groups excluding carboxylic acids is 2. The van der Waals surface area contributed by atoms with Gasteiger partial charge in [-0.05, 0) is 37.8 Å². The van der Waals surface area contributed by atoms with Gasteiger partial charge in [-0.15, -0.1) is 0 Å². The molecular formula is C17H18N2O5. The zero-order valence-electron chi connectivity index (χ0n) is 13.3. The lowest BCUT2D eigenvalue weighted by molar-refractivity contribution is -0.158. The summed E-state index contributed by atoms with van der Waals surface area (Å²) in [5.74, 6) is 0.00403. The lowest BCUT2D eigenvalue weighted by Crippen LogP contribution is -2.48. The molecule has 1 aromatic rings. The Labute approximate surface area is 139 Å². The fourth-order valence-electron chi connectivity index (χ4n) is 2.57.